The zero-order valence-corrected chi connectivity index (χ0v) is 25.5. The first kappa shape index (κ1) is 35.8. The van der Waals surface area contributed by atoms with E-state index in [4.69, 9.17) is 0 Å². The summed E-state index contributed by atoms with van der Waals surface area (Å²) in [4.78, 5) is 0. The molecule has 0 nitrogen and oxygen atoms in total. The molecule has 1 aliphatic rings. The van der Waals surface area contributed by atoms with Crippen LogP contribution in [-0.4, -0.2) is 6.88 Å². The Kier molecular flexibility index (Phi) is 19.7. The first-order valence-corrected chi connectivity index (χ1v) is 14.0. The third-order valence-corrected chi connectivity index (χ3v) is 5.56. The molecule has 4 rings (SSSR count). The van der Waals surface area contributed by atoms with Crippen molar-refractivity contribution in [3.05, 3.63) is 104 Å². The Bertz CT molecular complexity index is 987. The summed E-state index contributed by atoms with van der Waals surface area (Å²) >= 11 is 1.36. The molecule has 32 heavy (non-hydrogen) atoms. The van der Waals surface area contributed by atoms with Crippen LogP contribution in [0.15, 0.2) is 77.4 Å². The van der Waals surface area contributed by atoms with Crippen LogP contribution in [-0.2, 0) is 29.8 Å². The molecule has 0 N–H and O–H groups in total. The van der Waals surface area contributed by atoms with Gasteiger partial charge < -0.3 is 14.9 Å². The van der Waals surface area contributed by atoms with Gasteiger partial charge in [-0.15, -0.1) is 77.9 Å². The van der Waals surface area contributed by atoms with Crippen LogP contribution >= 0.6 is 24.8 Å². The second-order valence-electron chi connectivity index (χ2n) is 7.15. The van der Waals surface area contributed by atoms with Gasteiger partial charge in [-0.3, -0.25) is 6.08 Å². The Morgan fingerprint density at radius 2 is 1.44 bits per heavy atom. The van der Waals surface area contributed by atoms with Gasteiger partial charge in [0.1, 0.15) is 0 Å². The molecular weight excluding hydrogens is 527 g/mol. The third kappa shape index (κ3) is 8.53. The van der Waals surface area contributed by atoms with Gasteiger partial charge in [0.15, 0.2) is 0 Å². The Hall–Kier alpha value is -0.790. The fourth-order valence-electron chi connectivity index (χ4n) is 3.67. The molecular formula is C28H36Cl2SiZr-4. The van der Waals surface area contributed by atoms with Crippen LogP contribution in [0.1, 0.15) is 40.2 Å². The fraction of sp³-hybridized carbons (Fsp3) is 0.250. The number of fused-ring (bicyclic) bond motifs is 1. The first-order valence-electron chi connectivity index (χ1n) is 9.78. The third-order valence-electron chi connectivity index (χ3n) is 5.56. The summed E-state index contributed by atoms with van der Waals surface area (Å²) in [6.07, 6.45) is 4.44. The van der Waals surface area contributed by atoms with Crippen LogP contribution in [0.25, 0.3) is 21.9 Å². The van der Waals surface area contributed by atoms with E-state index in [1.165, 1.54) is 67.5 Å². The summed E-state index contributed by atoms with van der Waals surface area (Å²) in [6.45, 7) is 14.0. The molecule has 0 aliphatic heterocycles. The van der Waals surface area contributed by atoms with Gasteiger partial charge in [-0.05, 0) is 6.42 Å². The van der Waals surface area contributed by atoms with Gasteiger partial charge in [0.05, 0.1) is 0 Å². The normalized spacial score (nSPS) is 13.5. The second-order valence-corrected chi connectivity index (χ2v) is 7.15. The van der Waals surface area contributed by atoms with Crippen LogP contribution < -0.4 is 0 Å². The van der Waals surface area contributed by atoms with Crippen molar-refractivity contribution in [3.8, 4) is 11.1 Å². The molecule has 0 saturated heterocycles. The fourth-order valence-corrected chi connectivity index (χ4v) is 3.67. The molecule has 1 atom stereocenters. The van der Waals surface area contributed by atoms with Crippen LogP contribution in [0.5, 0.6) is 0 Å². The van der Waals surface area contributed by atoms with Crippen LogP contribution in [0.3, 0.4) is 0 Å². The molecule has 1 unspecified atom stereocenters. The summed E-state index contributed by atoms with van der Waals surface area (Å²) in [7, 11) is 0. The predicted molar refractivity (Wildman–Crippen MR) is 147 cm³/mol. The molecule has 0 saturated carbocycles. The molecule has 3 aromatic rings. The van der Waals surface area contributed by atoms with Crippen molar-refractivity contribution in [3.63, 3.8) is 0 Å². The Balaban J connectivity index is -0.000000490. The molecule has 4 heteroatoms. The van der Waals surface area contributed by atoms with Crippen molar-refractivity contribution < 1.29 is 23.3 Å². The molecule has 0 aromatic heterocycles. The standard InChI is InChI=1S/C17H15.C9H13.2CH3.2ClH.Si.Zr/c1-2-13-12-15-10-6-7-11-16(15)17(13)14-8-4-3-5-9-14;1-6-5-7(2)9(4)8(6)3;;;;;;/h3-12H,2H2,1H3;6H,1-4H3;2*1H3;2*1H;;/q4*-1;;;;. The van der Waals surface area contributed by atoms with Crippen LogP contribution in [0.2, 0.25) is 0 Å². The van der Waals surface area contributed by atoms with Crippen molar-refractivity contribution in [1.29, 1.82) is 0 Å². The molecule has 0 spiro atoms. The Morgan fingerprint density at radius 3 is 1.88 bits per heavy atom. The van der Waals surface area contributed by atoms with E-state index in [2.05, 4.69) is 108 Å². The zero-order valence-electron chi connectivity index (χ0n) is 20.4. The molecule has 0 fully saturated rings. The number of allylic oxidation sites excluding steroid dienone is 4. The molecule has 1 aliphatic carbocycles. The van der Waals surface area contributed by atoms with Gasteiger partial charge in [0.2, 0.25) is 0 Å². The van der Waals surface area contributed by atoms with E-state index in [9.17, 15) is 0 Å². The average molecular weight is 563 g/mol. The first-order chi connectivity index (χ1) is 13.5. The van der Waals surface area contributed by atoms with E-state index in [-0.39, 0.29) is 39.7 Å². The van der Waals surface area contributed by atoms with E-state index < -0.39 is 0 Å². The second kappa shape index (κ2) is 17.7. The van der Waals surface area contributed by atoms with Crippen molar-refractivity contribution in [2.24, 2.45) is 5.92 Å². The average Bonchev–Trinajstić information content (AvgIpc) is 3.23. The van der Waals surface area contributed by atoms with E-state index in [1.807, 2.05) is 0 Å². The van der Waals surface area contributed by atoms with Crippen LogP contribution in [0, 0.1) is 26.8 Å². The van der Waals surface area contributed by atoms with E-state index in [1.54, 1.807) is 0 Å². The molecule has 2 radical (unpaired) electrons. The van der Waals surface area contributed by atoms with Crippen molar-refractivity contribution in [1.82, 2.24) is 0 Å². The van der Waals surface area contributed by atoms with Gasteiger partial charge in [-0.1, -0.05) is 75.6 Å². The monoisotopic (exact) mass is 560 g/mol. The minimum atomic E-state index is 0. The van der Waals surface area contributed by atoms with Gasteiger partial charge >= 0.3 is 30.2 Å². The summed E-state index contributed by atoms with van der Waals surface area (Å²) in [5, 5.41) is 2.72. The van der Waals surface area contributed by atoms with Crippen molar-refractivity contribution in [2.45, 2.75) is 41.0 Å². The van der Waals surface area contributed by atoms with E-state index in [0.717, 1.165) is 6.42 Å². The Labute approximate surface area is 226 Å². The summed E-state index contributed by atoms with van der Waals surface area (Å²) < 4.78 is 0. The topological polar surface area (TPSA) is 0 Å². The van der Waals surface area contributed by atoms with Gasteiger partial charge in [-0.2, -0.15) is 11.1 Å². The number of hydrogen-bond acceptors (Lipinski definition) is 0. The number of benzene rings is 2. The van der Waals surface area contributed by atoms with Gasteiger partial charge in [-0.25, -0.2) is 5.57 Å². The van der Waals surface area contributed by atoms with E-state index in [0.29, 0.717) is 5.92 Å². The molecule has 3 aromatic carbocycles. The minimum absolute atomic E-state index is 0. The predicted octanol–water partition coefficient (Wildman–Crippen LogP) is 8.87. The molecule has 0 amide bonds. The summed E-state index contributed by atoms with van der Waals surface area (Å²) in [5.74, 6) is 0.560. The SMILES string of the molecule is CC1=[C-]C(C)C(C)=C1C.CCc1[cH-]c2ccccc2c1-c1ccccc1.Cl.Cl.[CH3-].[CH3-].[Si]=[Zr]. The quantitative estimate of drug-likeness (QED) is 0.216. The summed E-state index contributed by atoms with van der Waals surface area (Å²) in [5.41, 5.74) is 8.42. The maximum absolute atomic E-state index is 3.36. The van der Waals surface area contributed by atoms with E-state index >= 15 is 0 Å². The number of hydrogen-bond donors (Lipinski definition) is 0. The van der Waals surface area contributed by atoms with Crippen LogP contribution in [0.4, 0.5) is 0 Å². The maximum atomic E-state index is 3.36. The number of aryl methyl sites for hydroxylation is 1. The van der Waals surface area contributed by atoms with Crippen molar-refractivity contribution >= 4 is 42.5 Å². The Morgan fingerprint density at radius 1 is 0.906 bits per heavy atom. The van der Waals surface area contributed by atoms with Gasteiger partial charge in [0.25, 0.3) is 0 Å². The zero-order chi connectivity index (χ0) is 20.7. The van der Waals surface area contributed by atoms with Gasteiger partial charge in [0, 0.05) is 0 Å². The molecule has 174 valence electrons. The van der Waals surface area contributed by atoms with Crippen molar-refractivity contribution in [2.75, 3.05) is 0 Å². The number of rotatable bonds is 2. The molecule has 0 heterocycles. The number of halogens is 2. The molecule has 0 bridgehead atoms. The summed E-state index contributed by atoms with van der Waals surface area (Å²) in [6, 6.07) is 21.6.